The van der Waals surface area contributed by atoms with Crippen molar-refractivity contribution in [3.8, 4) is 0 Å². The summed E-state index contributed by atoms with van der Waals surface area (Å²) >= 11 is 0. The molecule has 0 aromatic carbocycles. The van der Waals surface area contributed by atoms with Gasteiger partial charge in [-0.25, -0.2) is 0 Å². The van der Waals surface area contributed by atoms with Crippen LogP contribution in [0, 0.1) is 85.2 Å². The number of esters is 2. The Morgan fingerprint density at radius 2 is 1.42 bits per heavy atom. The molecule has 2 amide bonds. The second kappa shape index (κ2) is 15.9. The van der Waals surface area contributed by atoms with Gasteiger partial charge in [0.25, 0.3) is 0 Å². The molecule has 0 radical (unpaired) electrons. The van der Waals surface area contributed by atoms with E-state index in [4.69, 9.17) is 14.2 Å². The van der Waals surface area contributed by atoms with E-state index in [9.17, 15) is 14.4 Å². The minimum Gasteiger partial charge on any atom is -0.465 e. The van der Waals surface area contributed by atoms with E-state index >= 15 is 4.79 Å². The van der Waals surface area contributed by atoms with Crippen molar-refractivity contribution in [3.63, 3.8) is 0 Å². The largest absolute Gasteiger partial charge is 0.465 e. The molecule has 7 saturated carbocycles. The average Bonchev–Trinajstić information content (AvgIpc) is 3.62. The number of fused-ring (bicyclic) bond motifs is 7. The highest BCUT2D eigenvalue weighted by Crippen LogP contribution is 2.78. The number of rotatable bonds is 10. The molecule has 7 aliphatic carbocycles. The fourth-order valence-corrected chi connectivity index (χ4v) is 17.0. The van der Waals surface area contributed by atoms with Gasteiger partial charge in [-0.3, -0.25) is 19.2 Å². The molecular formula is C53H84N2O7. The Bertz CT molecular complexity index is 1800. The number of unbranched alkanes of at least 4 members (excludes halogenated alkanes) is 1. The van der Waals surface area contributed by atoms with Crippen LogP contribution in [-0.4, -0.2) is 73.7 Å². The standard InChI is InChI=1S/C53H84N2O7/c1-13-14-27-61-44(57)36-30-37(47(36,4)5)45(58)62-41-19-20-50(10)38(49(41,8)9)18-21-52(12)39(50)16-15-34-42-33(32(2)3)17-22-53(42,24-23-51(34,52)11)46(59)54-40-31-35(48(40,6)7)43(56)55-25-28-60-29-26-55/h33-42H,2,13-31H2,1,3-12H3,(H,54,59)/t33-,34+,35-,36-,37+,38-,39+,40-,41-,42?,50-,51+,52+,53-/m0/s1. The number of carbonyl (C=O) groups excluding carboxylic acids is 4. The summed E-state index contributed by atoms with van der Waals surface area (Å²) in [4.78, 5) is 57.5. The second-order valence-electron chi connectivity index (χ2n) is 24.9. The van der Waals surface area contributed by atoms with Gasteiger partial charge in [-0.2, -0.15) is 0 Å². The first-order valence-electron chi connectivity index (χ1n) is 25.2. The molecule has 0 spiro atoms. The normalized spacial score (nSPS) is 44.7. The van der Waals surface area contributed by atoms with Crippen LogP contribution < -0.4 is 5.32 Å². The molecule has 62 heavy (non-hydrogen) atoms. The molecule has 8 fully saturated rings. The predicted octanol–water partition coefficient (Wildman–Crippen LogP) is 9.95. The van der Waals surface area contributed by atoms with Crippen LogP contribution in [0.2, 0.25) is 0 Å². The Labute approximate surface area is 374 Å². The Kier molecular flexibility index (Phi) is 11.8. The molecule has 8 aliphatic rings. The fourth-order valence-electron chi connectivity index (χ4n) is 17.0. The van der Waals surface area contributed by atoms with E-state index in [1.165, 1.54) is 12.0 Å². The van der Waals surface area contributed by atoms with Crippen LogP contribution in [0.15, 0.2) is 12.2 Å². The van der Waals surface area contributed by atoms with E-state index in [0.29, 0.717) is 69.4 Å². The van der Waals surface area contributed by atoms with Crippen molar-refractivity contribution in [2.75, 3.05) is 32.9 Å². The van der Waals surface area contributed by atoms with Gasteiger partial charge in [0.2, 0.25) is 11.8 Å². The van der Waals surface area contributed by atoms with Crippen LogP contribution >= 0.6 is 0 Å². The van der Waals surface area contributed by atoms with Gasteiger partial charge >= 0.3 is 11.9 Å². The maximum Gasteiger partial charge on any atom is 0.309 e. The van der Waals surface area contributed by atoms with Gasteiger partial charge in [-0.05, 0) is 147 Å². The van der Waals surface area contributed by atoms with E-state index in [2.05, 4.69) is 74.2 Å². The lowest BCUT2D eigenvalue weighted by Gasteiger charge is -2.73. The molecule has 0 bridgehead atoms. The van der Waals surface area contributed by atoms with Gasteiger partial charge in [0.15, 0.2) is 0 Å². The highest BCUT2D eigenvalue weighted by Gasteiger charge is 2.72. The highest BCUT2D eigenvalue weighted by molar-refractivity contribution is 5.86. The number of ether oxygens (including phenoxy) is 3. The smallest absolute Gasteiger partial charge is 0.309 e. The fraction of sp³-hybridized carbons (Fsp3) is 0.887. The van der Waals surface area contributed by atoms with Gasteiger partial charge in [-0.1, -0.05) is 87.8 Å². The minimum absolute atomic E-state index is 0.00492. The second-order valence-corrected chi connectivity index (χ2v) is 24.9. The third-order valence-corrected chi connectivity index (χ3v) is 21.5. The van der Waals surface area contributed by atoms with Crippen molar-refractivity contribution in [2.45, 2.75) is 178 Å². The summed E-state index contributed by atoms with van der Waals surface area (Å²) in [5, 5.41) is 3.64. The monoisotopic (exact) mass is 861 g/mol. The van der Waals surface area contributed by atoms with Crippen LogP contribution in [0.25, 0.3) is 0 Å². The first-order valence-corrected chi connectivity index (χ1v) is 25.2. The van der Waals surface area contributed by atoms with Gasteiger partial charge < -0.3 is 24.4 Å². The molecule has 0 aromatic heterocycles. The molecule has 14 atom stereocenters. The number of hydrogen-bond acceptors (Lipinski definition) is 7. The van der Waals surface area contributed by atoms with Crippen LogP contribution in [0.5, 0.6) is 0 Å². The third kappa shape index (κ3) is 6.72. The zero-order valence-corrected chi connectivity index (χ0v) is 40.7. The van der Waals surface area contributed by atoms with Crippen LogP contribution in [0.3, 0.4) is 0 Å². The van der Waals surface area contributed by atoms with Crippen molar-refractivity contribution in [2.24, 2.45) is 85.2 Å². The quantitative estimate of drug-likeness (QED) is 0.132. The number of nitrogens with one attached hydrogen (secondary N) is 1. The van der Waals surface area contributed by atoms with E-state index in [1.807, 2.05) is 18.7 Å². The van der Waals surface area contributed by atoms with E-state index in [1.54, 1.807) is 0 Å². The number of allylic oxidation sites excluding steroid dienone is 1. The zero-order valence-electron chi connectivity index (χ0n) is 40.7. The Balaban J connectivity index is 0.968. The van der Waals surface area contributed by atoms with Crippen molar-refractivity contribution in [1.29, 1.82) is 0 Å². The van der Waals surface area contributed by atoms with Gasteiger partial charge in [0.1, 0.15) is 6.10 Å². The lowest BCUT2D eigenvalue weighted by Crippen LogP contribution is -2.68. The Morgan fingerprint density at radius 1 is 0.726 bits per heavy atom. The van der Waals surface area contributed by atoms with Gasteiger partial charge in [-0.15, -0.1) is 0 Å². The topological polar surface area (TPSA) is 111 Å². The first kappa shape index (κ1) is 46.1. The first-order chi connectivity index (χ1) is 29.0. The van der Waals surface area contributed by atoms with E-state index in [-0.39, 0.29) is 86.6 Å². The molecule has 0 aromatic rings. The van der Waals surface area contributed by atoms with Crippen molar-refractivity contribution < 1.29 is 33.4 Å². The number of nitrogens with zero attached hydrogens (tertiary/aromatic N) is 1. The summed E-state index contributed by atoms with van der Waals surface area (Å²) in [6.45, 7) is 32.9. The molecule has 9 heteroatoms. The lowest BCUT2D eigenvalue weighted by molar-refractivity contribution is -0.251. The summed E-state index contributed by atoms with van der Waals surface area (Å²) in [6, 6.07) is -0.00492. The molecule has 8 rings (SSSR count). The lowest BCUT2D eigenvalue weighted by atomic mass is 9.32. The molecule has 348 valence electrons. The van der Waals surface area contributed by atoms with Crippen LogP contribution in [-0.2, 0) is 33.4 Å². The van der Waals surface area contributed by atoms with E-state index < -0.39 is 10.8 Å². The maximum absolute atomic E-state index is 15.1. The van der Waals surface area contributed by atoms with Crippen LogP contribution in [0.4, 0.5) is 0 Å². The van der Waals surface area contributed by atoms with Gasteiger partial charge in [0.05, 0.1) is 37.1 Å². The summed E-state index contributed by atoms with van der Waals surface area (Å²) in [5.74, 6) is 1.58. The molecule has 1 heterocycles. The molecule has 9 nitrogen and oxygen atoms in total. The number of carbonyl (C=O) groups is 4. The zero-order chi connectivity index (χ0) is 45.0. The molecule has 1 saturated heterocycles. The molecule has 1 unspecified atom stereocenters. The summed E-state index contributed by atoms with van der Waals surface area (Å²) in [5.41, 5.74) is 0.238. The summed E-state index contributed by atoms with van der Waals surface area (Å²) in [7, 11) is 0. The van der Waals surface area contributed by atoms with Crippen molar-refractivity contribution >= 4 is 23.8 Å². The Morgan fingerprint density at radius 3 is 2.06 bits per heavy atom. The highest BCUT2D eigenvalue weighted by atomic mass is 16.5. The summed E-state index contributed by atoms with van der Waals surface area (Å²) < 4.78 is 17.7. The van der Waals surface area contributed by atoms with Crippen molar-refractivity contribution in [1.82, 2.24) is 10.2 Å². The average molecular weight is 861 g/mol. The van der Waals surface area contributed by atoms with Crippen LogP contribution in [0.1, 0.15) is 166 Å². The number of morpholine rings is 1. The third-order valence-electron chi connectivity index (χ3n) is 21.5. The number of amides is 2. The Hall–Kier alpha value is -2.42. The molecular weight excluding hydrogens is 777 g/mol. The van der Waals surface area contributed by atoms with Gasteiger partial charge in [0, 0.05) is 30.5 Å². The van der Waals surface area contributed by atoms with E-state index in [0.717, 1.165) is 70.6 Å². The van der Waals surface area contributed by atoms with Crippen molar-refractivity contribution in [3.05, 3.63) is 12.2 Å². The number of hydrogen-bond donors (Lipinski definition) is 1. The minimum atomic E-state index is -0.477. The molecule has 1 N–H and O–H groups in total. The predicted molar refractivity (Wildman–Crippen MR) is 241 cm³/mol. The SMILES string of the molecule is C=C(C)[C@@H]1CC[C@]2(C(=O)N[C@H]3C[C@@H](C(=O)N4CCOCC4)C3(C)C)CC[C@]3(C)[C@H](CC[C@@H]4[C@@]5(C)CC[C@H](OC(=O)[C@H]6C[C@@H](C(=O)OCCCC)C6(C)C)C(C)(C)[C@@H]5CC[C@]43C)C12. The molecule has 1 aliphatic heterocycles. The summed E-state index contributed by atoms with van der Waals surface area (Å²) in [6.07, 6.45) is 13.4. The maximum atomic E-state index is 15.1.